The highest BCUT2D eigenvalue weighted by Crippen LogP contribution is 2.40. The summed E-state index contributed by atoms with van der Waals surface area (Å²) in [4.78, 5) is 13.1. The fourth-order valence-electron chi connectivity index (χ4n) is 2.26. The summed E-state index contributed by atoms with van der Waals surface area (Å²) in [6, 6.07) is 3.62. The van der Waals surface area contributed by atoms with Gasteiger partial charge in [0.15, 0.2) is 23.0 Å². The molecular formula is C15H16N4O3. The number of hydrogen-bond acceptors (Lipinski definition) is 6. The molecule has 2 aromatic heterocycles. The largest absolute Gasteiger partial charge is 0.493 e. The van der Waals surface area contributed by atoms with E-state index in [-0.39, 0.29) is 0 Å². The van der Waals surface area contributed by atoms with Crippen molar-refractivity contribution in [2.45, 2.75) is 0 Å². The lowest BCUT2D eigenvalue weighted by molar-refractivity contribution is 0.324. The minimum absolute atomic E-state index is 0.535. The van der Waals surface area contributed by atoms with Crippen LogP contribution < -0.4 is 14.2 Å². The van der Waals surface area contributed by atoms with Gasteiger partial charge in [-0.1, -0.05) is 0 Å². The zero-order valence-corrected chi connectivity index (χ0v) is 12.8. The number of rotatable bonds is 4. The lowest BCUT2D eigenvalue weighted by Crippen LogP contribution is -1.97. The van der Waals surface area contributed by atoms with Crippen molar-refractivity contribution in [2.75, 3.05) is 21.3 Å². The maximum Gasteiger partial charge on any atom is 0.203 e. The summed E-state index contributed by atoms with van der Waals surface area (Å²) in [6.45, 7) is 0. The third kappa shape index (κ3) is 2.20. The molecule has 0 aliphatic heterocycles. The average Bonchev–Trinajstić information content (AvgIpc) is 2.94. The Kier molecular flexibility index (Phi) is 3.54. The summed E-state index contributed by atoms with van der Waals surface area (Å²) in [7, 11) is 6.61. The zero-order chi connectivity index (χ0) is 15.7. The van der Waals surface area contributed by atoms with Gasteiger partial charge in [0.25, 0.3) is 0 Å². The molecule has 0 saturated heterocycles. The van der Waals surface area contributed by atoms with Crippen LogP contribution in [0, 0.1) is 0 Å². The van der Waals surface area contributed by atoms with E-state index in [9.17, 15) is 0 Å². The molecule has 2 heterocycles. The number of benzene rings is 1. The Morgan fingerprint density at radius 1 is 0.955 bits per heavy atom. The van der Waals surface area contributed by atoms with Crippen molar-refractivity contribution < 1.29 is 14.2 Å². The summed E-state index contributed by atoms with van der Waals surface area (Å²) < 4.78 is 17.9. The number of nitrogens with zero attached hydrogens (tertiary/aromatic N) is 4. The first-order chi connectivity index (χ1) is 10.7. The Morgan fingerprint density at radius 2 is 1.64 bits per heavy atom. The minimum Gasteiger partial charge on any atom is -0.493 e. The topological polar surface area (TPSA) is 71.3 Å². The SMILES string of the molecule is COc1cc(-c2ncc3c(ncn3C)n2)cc(OC)c1OC. The maximum atomic E-state index is 5.35. The van der Waals surface area contributed by atoms with Crippen LogP contribution >= 0.6 is 0 Å². The Labute approximate surface area is 127 Å². The molecule has 7 heteroatoms. The summed E-state index contributed by atoms with van der Waals surface area (Å²) in [6.07, 6.45) is 3.45. The molecule has 1 aromatic carbocycles. The molecule has 0 unspecified atom stereocenters. The van der Waals surface area contributed by atoms with E-state index in [1.807, 2.05) is 23.7 Å². The van der Waals surface area contributed by atoms with Crippen molar-refractivity contribution in [3.8, 4) is 28.6 Å². The summed E-state index contributed by atoms with van der Waals surface area (Å²) in [5.41, 5.74) is 2.28. The normalized spacial score (nSPS) is 10.7. The number of ether oxygens (including phenoxy) is 3. The first-order valence-corrected chi connectivity index (χ1v) is 6.62. The van der Waals surface area contributed by atoms with Crippen LogP contribution in [0.4, 0.5) is 0 Å². The van der Waals surface area contributed by atoms with Crippen molar-refractivity contribution >= 4 is 11.2 Å². The van der Waals surface area contributed by atoms with Crippen LogP contribution in [0.1, 0.15) is 0 Å². The van der Waals surface area contributed by atoms with Gasteiger partial charge in [0.2, 0.25) is 5.75 Å². The van der Waals surface area contributed by atoms with Gasteiger partial charge in [-0.25, -0.2) is 15.0 Å². The molecule has 0 radical (unpaired) electrons. The second-order valence-electron chi connectivity index (χ2n) is 4.67. The monoisotopic (exact) mass is 300 g/mol. The second-order valence-corrected chi connectivity index (χ2v) is 4.67. The number of imidazole rings is 1. The third-order valence-electron chi connectivity index (χ3n) is 3.41. The van der Waals surface area contributed by atoms with Gasteiger partial charge in [-0.3, -0.25) is 0 Å². The smallest absolute Gasteiger partial charge is 0.203 e. The van der Waals surface area contributed by atoms with Gasteiger partial charge in [0.05, 0.1) is 33.9 Å². The van der Waals surface area contributed by atoms with Crippen LogP contribution in [0.3, 0.4) is 0 Å². The highest BCUT2D eigenvalue weighted by atomic mass is 16.5. The number of hydrogen-bond donors (Lipinski definition) is 0. The molecular weight excluding hydrogens is 284 g/mol. The molecule has 0 atom stereocenters. The second kappa shape index (κ2) is 5.51. The first kappa shape index (κ1) is 14.1. The molecule has 114 valence electrons. The minimum atomic E-state index is 0.535. The lowest BCUT2D eigenvalue weighted by Gasteiger charge is -2.13. The van der Waals surface area contributed by atoms with Gasteiger partial charge in [-0.2, -0.15) is 0 Å². The predicted octanol–water partition coefficient (Wildman–Crippen LogP) is 2.06. The molecule has 3 rings (SSSR count). The van der Waals surface area contributed by atoms with Crippen LogP contribution in [-0.4, -0.2) is 40.8 Å². The zero-order valence-electron chi connectivity index (χ0n) is 12.8. The van der Waals surface area contributed by atoms with E-state index in [1.54, 1.807) is 33.9 Å². The molecule has 7 nitrogen and oxygen atoms in total. The number of aryl methyl sites for hydroxylation is 1. The number of fused-ring (bicyclic) bond motifs is 1. The fraction of sp³-hybridized carbons (Fsp3) is 0.267. The molecule has 22 heavy (non-hydrogen) atoms. The van der Waals surface area contributed by atoms with Gasteiger partial charge in [0, 0.05) is 12.6 Å². The molecule has 0 amide bonds. The Morgan fingerprint density at radius 3 is 2.23 bits per heavy atom. The number of methoxy groups -OCH3 is 3. The molecule has 3 aromatic rings. The molecule has 0 bridgehead atoms. The maximum absolute atomic E-state index is 5.35. The standard InChI is InChI=1S/C15H16N4O3/c1-19-8-17-15-10(19)7-16-14(18-15)9-5-11(20-2)13(22-4)12(6-9)21-3/h5-8H,1-4H3. The average molecular weight is 300 g/mol. The Hall–Kier alpha value is -2.83. The summed E-state index contributed by atoms with van der Waals surface area (Å²) in [5, 5.41) is 0. The Balaban J connectivity index is 2.16. The van der Waals surface area contributed by atoms with E-state index < -0.39 is 0 Å². The van der Waals surface area contributed by atoms with Crippen molar-refractivity contribution in [1.82, 2.24) is 19.5 Å². The van der Waals surface area contributed by atoms with E-state index in [1.165, 1.54) is 0 Å². The van der Waals surface area contributed by atoms with Gasteiger partial charge in [0.1, 0.15) is 5.52 Å². The van der Waals surface area contributed by atoms with E-state index >= 15 is 0 Å². The van der Waals surface area contributed by atoms with Crippen LogP contribution in [0.15, 0.2) is 24.7 Å². The summed E-state index contributed by atoms with van der Waals surface area (Å²) in [5.74, 6) is 2.20. The first-order valence-electron chi connectivity index (χ1n) is 6.62. The molecule has 0 N–H and O–H groups in total. The van der Waals surface area contributed by atoms with Crippen LogP contribution in [-0.2, 0) is 7.05 Å². The van der Waals surface area contributed by atoms with Crippen LogP contribution in [0.25, 0.3) is 22.6 Å². The van der Waals surface area contributed by atoms with Crippen molar-refractivity contribution in [2.24, 2.45) is 7.05 Å². The fourth-order valence-corrected chi connectivity index (χ4v) is 2.26. The van der Waals surface area contributed by atoms with Crippen molar-refractivity contribution in [1.29, 1.82) is 0 Å². The van der Waals surface area contributed by atoms with Gasteiger partial charge < -0.3 is 18.8 Å². The van der Waals surface area contributed by atoms with Gasteiger partial charge >= 0.3 is 0 Å². The molecule has 0 saturated carbocycles. The van der Waals surface area contributed by atoms with Crippen molar-refractivity contribution in [3.63, 3.8) is 0 Å². The van der Waals surface area contributed by atoms with Crippen LogP contribution in [0.5, 0.6) is 17.2 Å². The van der Waals surface area contributed by atoms with Crippen molar-refractivity contribution in [3.05, 3.63) is 24.7 Å². The van der Waals surface area contributed by atoms with Gasteiger partial charge in [-0.15, -0.1) is 0 Å². The quantitative estimate of drug-likeness (QED) is 0.734. The highest BCUT2D eigenvalue weighted by molar-refractivity contribution is 5.74. The van der Waals surface area contributed by atoms with E-state index in [2.05, 4.69) is 15.0 Å². The summed E-state index contributed by atoms with van der Waals surface area (Å²) >= 11 is 0. The predicted molar refractivity (Wildman–Crippen MR) is 81.4 cm³/mol. The Bertz CT molecular complexity index is 804. The molecule has 0 fully saturated rings. The van der Waals surface area contributed by atoms with E-state index in [0.717, 1.165) is 11.1 Å². The lowest BCUT2D eigenvalue weighted by atomic mass is 10.1. The molecule has 0 aliphatic rings. The highest BCUT2D eigenvalue weighted by Gasteiger charge is 2.16. The number of aromatic nitrogens is 4. The van der Waals surface area contributed by atoms with E-state index in [0.29, 0.717) is 28.7 Å². The third-order valence-corrected chi connectivity index (χ3v) is 3.41. The van der Waals surface area contributed by atoms with Crippen LogP contribution in [0.2, 0.25) is 0 Å². The molecule has 0 aliphatic carbocycles. The van der Waals surface area contributed by atoms with E-state index in [4.69, 9.17) is 14.2 Å². The van der Waals surface area contributed by atoms with Gasteiger partial charge in [-0.05, 0) is 12.1 Å². The molecule has 0 spiro atoms.